The van der Waals surface area contributed by atoms with Crippen molar-refractivity contribution in [2.75, 3.05) is 0 Å². The van der Waals surface area contributed by atoms with E-state index in [0.717, 1.165) is 29.8 Å². The molecule has 0 aliphatic rings. The number of rotatable bonds is 0. The van der Waals surface area contributed by atoms with Gasteiger partial charge in [0.25, 0.3) is 0 Å². The van der Waals surface area contributed by atoms with Crippen molar-refractivity contribution in [3.63, 3.8) is 0 Å². The summed E-state index contributed by atoms with van der Waals surface area (Å²) in [4.78, 5) is 6.19. The van der Waals surface area contributed by atoms with Crippen molar-refractivity contribution in [1.29, 1.82) is 31.6 Å². The molecule has 0 unspecified atom stereocenters. The van der Waals surface area contributed by atoms with Gasteiger partial charge in [-0.05, 0) is 0 Å². The van der Waals surface area contributed by atoms with Crippen LogP contribution in [0.15, 0.2) is 0 Å². The average Bonchev–Trinajstić information content (AvgIpc) is 2.26. The molecule has 0 N–H and O–H groups in total. The van der Waals surface area contributed by atoms with Gasteiger partial charge in [0, 0.05) is 0 Å². The Bertz CT molecular complexity index is 397. The molecule has 0 aliphatic heterocycles. The summed E-state index contributed by atoms with van der Waals surface area (Å²) in [6.45, 7) is 0. The molecule has 0 aliphatic carbocycles. The van der Waals surface area contributed by atoms with Gasteiger partial charge in [-0.25, -0.2) is 0 Å². The molecule has 0 atom stereocenters. The first-order valence-corrected chi connectivity index (χ1v) is 5.71. The van der Waals surface area contributed by atoms with Gasteiger partial charge in [0.15, 0.2) is 0 Å². The van der Waals surface area contributed by atoms with E-state index in [-0.39, 0.29) is 68.2 Å². The van der Waals surface area contributed by atoms with Gasteiger partial charge in [-0.3, -0.25) is 0 Å². The summed E-state index contributed by atoms with van der Waals surface area (Å²) in [5.74, 6) is 0. The molecule has 0 aromatic heterocycles. The Hall–Kier alpha value is -0.398. The predicted molar refractivity (Wildman–Crippen MR) is 33.7 cm³/mol. The molecule has 15 heavy (non-hydrogen) atoms. The second-order valence-corrected chi connectivity index (χ2v) is 7.42. The fraction of sp³-hybridized carbons (Fsp3) is 0. The molecule has 6 nitrogen and oxygen atoms in total. The topological polar surface area (TPSA) is 143 Å². The SMILES string of the molecule is N#[C][Fe-4]([C]#N)([C]#N)([C]#N)([C]#N)[C]#N.[Co+2].[K+]. The molecule has 0 aromatic carbocycles. The molecule has 0 aromatic rings. The van der Waals surface area contributed by atoms with Crippen LogP contribution >= 0.6 is 0 Å². The molecule has 0 rings (SSSR count). The number of nitriles is 6. The van der Waals surface area contributed by atoms with E-state index in [4.69, 9.17) is 31.6 Å². The zero-order valence-electron chi connectivity index (χ0n) is 7.37. The van der Waals surface area contributed by atoms with Crippen LogP contribution in [0.5, 0.6) is 0 Å². The Morgan fingerprint density at radius 1 is 0.533 bits per heavy atom. The summed E-state index contributed by atoms with van der Waals surface area (Å²) in [5, 5.41) is 51.5. The quantitative estimate of drug-likeness (QED) is 0.439. The summed E-state index contributed by atoms with van der Waals surface area (Å²) >= 11 is 0. The molecule has 0 amide bonds. The van der Waals surface area contributed by atoms with Gasteiger partial charge in [-0.15, -0.1) is 0 Å². The second-order valence-electron chi connectivity index (χ2n) is 1.80. The van der Waals surface area contributed by atoms with Crippen molar-refractivity contribution in [3.05, 3.63) is 0 Å². The van der Waals surface area contributed by atoms with Crippen LogP contribution in [-0.2, 0) is 27.5 Å². The van der Waals surface area contributed by atoms with Crippen molar-refractivity contribution in [2.24, 2.45) is 0 Å². The molecule has 0 spiro atoms. The minimum Gasteiger partial charge on any atom is 1.00 e. The van der Waals surface area contributed by atoms with Gasteiger partial charge in [0.1, 0.15) is 0 Å². The van der Waals surface area contributed by atoms with E-state index < -0.39 is 10.7 Å². The predicted octanol–water partition coefficient (Wildman–Crippen LogP) is -2.90. The number of nitrogens with zero attached hydrogens (tertiary/aromatic N) is 6. The van der Waals surface area contributed by atoms with Crippen LogP contribution in [0.4, 0.5) is 0 Å². The standard InChI is InChI=1S/6CN.Co.Fe.K/c6*1-2;;;/q;;;;;;+2;-4;+1. The minimum absolute atomic E-state index is 0. The molecule has 0 saturated heterocycles. The fourth-order valence-corrected chi connectivity index (χ4v) is 1.09. The third-order valence-electron chi connectivity index (χ3n) is 1.19. The van der Waals surface area contributed by atoms with Crippen LogP contribution in [-0.4, -0.2) is 0 Å². The largest absolute Gasteiger partial charge is 2.00 e. The molecule has 1 radical (unpaired) electrons. The van der Waals surface area contributed by atoms with E-state index in [1.54, 1.807) is 0 Å². The Labute approximate surface area is 138 Å². The molecule has 0 heterocycles. The molecule has 9 heteroatoms. The molecular weight excluding hydrogens is 310 g/mol. The van der Waals surface area contributed by atoms with Crippen LogP contribution in [0.2, 0.25) is 0 Å². The maximum absolute atomic E-state index is 8.58. The first kappa shape index (κ1) is 20.1. The van der Waals surface area contributed by atoms with Crippen molar-refractivity contribution in [1.82, 2.24) is 0 Å². The summed E-state index contributed by atoms with van der Waals surface area (Å²) in [5.41, 5.74) is 0. The Morgan fingerprint density at radius 2 is 0.667 bits per heavy atom. The van der Waals surface area contributed by atoms with E-state index in [1.807, 2.05) is 0 Å². The smallest absolute Gasteiger partial charge is 1.00 e. The van der Waals surface area contributed by atoms with Crippen LogP contribution in [0.1, 0.15) is 0 Å². The summed E-state index contributed by atoms with van der Waals surface area (Å²) in [6, 6.07) is 0. The van der Waals surface area contributed by atoms with Crippen molar-refractivity contribution in [3.8, 4) is 29.8 Å². The fourth-order valence-electron chi connectivity index (χ4n) is 0.265. The van der Waals surface area contributed by atoms with Crippen LogP contribution in [0.3, 0.4) is 0 Å². The molecular formula is C6CoFeKN6-. The average molecular weight is 310 g/mol. The monoisotopic (exact) mass is 310 g/mol. The third-order valence-corrected chi connectivity index (χ3v) is 4.89. The van der Waals surface area contributed by atoms with Crippen molar-refractivity contribution >= 4 is 0 Å². The Morgan fingerprint density at radius 3 is 0.667 bits per heavy atom. The van der Waals surface area contributed by atoms with Crippen molar-refractivity contribution < 1.29 is 78.9 Å². The molecule has 0 saturated carbocycles. The maximum atomic E-state index is 8.58. The minimum atomic E-state index is -6.17. The maximum Gasteiger partial charge on any atom is 2.00 e. The zero-order chi connectivity index (χ0) is 10.7. The number of hydrogen-bond acceptors (Lipinski definition) is 6. The Kier molecular flexibility index (Phi) is 6.81. The summed E-state index contributed by atoms with van der Waals surface area (Å²) < 4.78 is 0. The van der Waals surface area contributed by atoms with Crippen LogP contribution in [0, 0.1) is 61.4 Å². The van der Waals surface area contributed by atoms with Gasteiger partial charge >= 0.3 is 140 Å². The van der Waals surface area contributed by atoms with E-state index in [1.165, 1.54) is 0 Å². The third kappa shape index (κ3) is 2.09. The van der Waals surface area contributed by atoms with Crippen LogP contribution in [0.25, 0.3) is 0 Å². The van der Waals surface area contributed by atoms with E-state index in [2.05, 4.69) is 0 Å². The van der Waals surface area contributed by atoms with Gasteiger partial charge in [0.05, 0.1) is 0 Å². The summed E-state index contributed by atoms with van der Waals surface area (Å²) in [7, 11) is -6.17. The Balaban J connectivity index is -0.000000720. The molecule has 0 bridgehead atoms. The first-order valence-electron chi connectivity index (χ1n) is 2.40. The van der Waals surface area contributed by atoms with Crippen molar-refractivity contribution in [2.45, 2.75) is 0 Å². The summed E-state index contributed by atoms with van der Waals surface area (Å²) in [6.07, 6.45) is 0. The van der Waals surface area contributed by atoms with Crippen LogP contribution < -0.4 is 51.4 Å². The van der Waals surface area contributed by atoms with Gasteiger partial charge in [-0.1, -0.05) is 0 Å². The van der Waals surface area contributed by atoms with E-state index in [0.29, 0.717) is 0 Å². The second kappa shape index (κ2) is 5.09. The first-order chi connectivity index (χ1) is 5.97. The van der Waals surface area contributed by atoms with E-state index >= 15 is 0 Å². The molecule has 0 fully saturated rings. The molecule has 73 valence electrons. The van der Waals surface area contributed by atoms with E-state index in [9.17, 15) is 0 Å². The normalized spacial score (nSPS) is 11.6. The van der Waals surface area contributed by atoms with Gasteiger partial charge in [-0.2, -0.15) is 0 Å². The number of hydrogen-bond donors (Lipinski definition) is 0. The van der Waals surface area contributed by atoms with Gasteiger partial charge < -0.3 is 0 Å². The zero-order valence-corrected chi connectivity index (χ0v) is 12.6. The van der Waals surface area contributed by atoms with Gasteiger partial charge in [0.2, 0.25) is 0 Å².